The molecule has 112 valence electrons. The fraction of sp³-hybridized carbons (Fsp3) is 0.154. The first-order chi connectivity index (χ1) is 9.79. The number of pyridine rings is 1. The van der Waals surface area contributed by atoms with Gasteiger partial charge in [-0.3, -0.25) is 0 Å². The van der Waals surface area contributed by atoms with E-state index < -0.39 is 41.2 Å². The topological polar surface area (TPSA) is 22.1 Å². The highest BCUT2D eigenvalue weighted by atomic mass is 19.4. The van der Waals surface area contributed by atoms with Gasteiger partial charge in [-0.25, -0.2) is 9.37 Å². The third-order valence-corrected chi connectivity index (χ3v) is 2.54. The standard InChI is InChI=1S/C13H7F6NO/c14-7-5-9(11(20-6-7)21-12(15)16)8-3-1-2-4-10(8)13(17,18)19/h1-6,12H. The zero-order valence-electron chi connectivity index (χ0n) is 10.2. The van der Waals surface area contributed by atoms with Crippen molar-refractivity contribution in [2.45, 2.75) is 12.8 Å². The van der Waals surface area contributed by atoms with Gasteiger partial charge in [0, 0.05) is 5.56 Å². The lowest BCUT2D eigenvalue weighted by atomic mass is 10.0. The molecule has 8 heteroatoms. The summed E-state index contributed by atoms with van der Waals surface area (Å²) in [5.41, 5.74) is -2.09. The second kappa shape index (κ2) is 5.63. The lowest BCUT2D eigenvalue weighted by Crippen LogP contribution is -2.09. The number of halogens is 6. The predicted octanol–water partition coefficient (Wildman–Crippen LogP) is 4.51. The fourth-order valence-corrected chi connectivity index (χ4v) is 1.76. The molecule has 2 aromatic rings. The van der Waals surface area contributed by atoms with Crippen molar-refractivity contribution < 1.29 is 31.1 Å². The highest BCUT2D eigenvalue weighted by Gasteiger charge is 2.34. The van der Waals surface area contributed by atoms with Gasteiger partial charge in [0.1, 0.15) is 5.82 Å². The van der Waals surface area contributed by atoms with E-state index in [-0.39, 0.29) is 0 Å². The monoisotopic (exact) mass is 307 g/mol. The van der Waals surface area contributed by atoms with Gasteiger partial charge in [-0.2, -0.15) is 22.0 Å². The Kier molecular flexibility index (Phi) is 4.06. The van der Waals surface area contributed by atoms with Crippen LogP contribution in [-0.2, 0) is 6.18 Å². The molecule has 1 aromatic carbocycles. The lowest BCUT2D eigenvalue weighted by Gasteiger charge is -2.15. The van der Waals surface area contributed by atoms with Crippen LogP contribution in [0.25, 0.3) is 11.1 Å². The maximum atomic E-state index is 13.2. The first kappa shape index (κ1) is 15.1. The van der Waals surface area contributed by atoms with E-state index in [9.17, 15) is 26.3 Å². The second-order valence-corrected chi connectivity index (χ2v) is 3.93. The van der Waals surface area contributed by atoms with Crippen LogP contribution in [0.5, 0.6) is 5.88 Å². The van der Waals surface area contributed by atoms with Crippen LogP contribution in [0.3, 0.4) is 0 Å². The van der Waals surface area contributed by atoms with E-state index in [1.165, 1.54) is 6.07 Å². The molecule has 0 saturated carbocycles. The van der Waals surface area contributed by atoms with Gasteiger partial charge in [-0.05, 0) is 17.7 Å². The molecule has 0 aliphatic rings. The summed E-state index contributed by atoms with van der Waals surface area (Å²) in [6.45, 7) is -3.29. The Morgan fingerprint density at radius 3 is 2.33 bits per heavy atom. The molecule has 2 nitrogen and oxygen atoms in total. The Hall–Kier alpha value is -2.25. The van der Waals surface area contributed by atoms with Crippen molar-refractivity contribution in [2.24, 2.45) is 0 Å². The molecule has 0 radical (unpaired) electrons. The van der Waals surface area contributed by atoms with Crippen LogP contribution >= 0.6 is 0 Å². The van der Waals surface area contributed by atoms with Gasteiger partial charge in [0.2, 0.25) is 5.88 Å². The summed E-state index contributed by atoms with van der Waals surface area (Å²) in [5, 5.41) is 0. The summed E-state index contributed by atoms with van der Waals surface area (Å²) in [6, 6.07) is 4.84. The van der Waals surface area contributed by atoms with Crippen molar-refractivity contribution in [3.63, 3.8) is 0 Å². The Bertz CT molecular complexity index is 641. The molecule has 0 bridgehead atoms. The average Bonchev–Trinajstić information content (AvgIpc) is 2.39. The molecule has 21 heavy (non-hydrogen) atoms. The summed E-state index contributed by atoms with van der Waals surface area (Å²) >= 11 is 0. The summed E-state index contributed by atoms with van der Waals surface area (Å²) < 4.78 is 80.6. The van der Waals surface area contributed by atoms with E-state index in [0.717, 1.165) is 18.2 Å². The van der Waals surface area contributed by atoms with E-state index >= 15 is 0 Å². The van der Waals surface area contributed by atoms with Gasteiger partial charge < -0.3 is 4.74 Å². The van der Waals surface area contributed by atoms with Crippen molar-refractivity contribution >= 4 is 0 Å². The van der Waals surface area contributed by atoms with Crippen molar-refractivity contribution in [1.29, 1.82) is 0 Å². The van der Waals surface area contributed by atoms with Crippen LogP contribution in [0.4, 0.5) is 26.3 Å². The van der Waals surface area contributed by atoms with Gasteiger partial charge in [-0.1, -0.05) is 18.2 Å². The Balaban J connectivity index is 2.64. The minimum absolute atomic E-state index is 0.493. The molecule has 0 N–H and O–H groups in total. The molecular weight excluding hydrogens is 300 g/mol. The second-order valence-electron chi connectivity index (χ2n) is 3.93. The van der Waals surface area contributed by atoms with Crippen LogP contribution in [0.2, 0.25) is 0 Å². The lowest BCUT2D eigenvalue weighted by molar-refractivity contribution is -0.137. The summed E-state index contributed by atoms with van der Waals surface area (Å²) in [6.07, 6.45) is -4.15. The van der Waals surface area contributed by atoms with Crippen LogP contribution in [-0.4, -0.2) is 11.6 Å². The molecule has 0 aliphatic carbocycles. The number of aromatic nitrogens is 1. The number of rotatable bonds is 3. The van der Waals surface area contributed by atoms with Gasteiger partial charge >= 0.3 is 12.8 Å². The molecule has 0 aliphatic heterocycles. The van der Waals surface area contributed by atoms with Gasteiger partial charge in [-0.15, -0.1) is 0 Å². The molecule has 0 amide bonds. The van der Waals surface area contributed by atoms with Crippen LogP contribution < -0.4 is 4.74 Å². The van der Waals surface area contributed by atoms with E-state index in [2.05, 4.69) is 9.72 Å². The van der Waals surface area contributed by atoms with Crippen LogP contribution in [0.15, 0.2) is 36.5 Å². The van der Waals surface area contributed by atoms with Crippen molar-refractivity contribution in [1.82, 2.24) is 4.98 Å². The Morgan fingerprint density at radius 2 is 1.71 bits per heavy atom. The molecular formula is C13H7F6NO. The van der Waals surface area contributed by atoms with Gasteiger partial charge in [0.05, 0.1) is 11.8 Å². The van der Waals surface area contributed by atoms with Gasteiger partial charge in [0.15, 0.2) is 0 Å². The number of hydrogen-bond acceptors (Lipinski definition) is 2. The molecule has 2 rings (SSSR count). The summed E-state index contributed by atoms with van der Waals surface area (Å²) in [7, 11) is 0. The smallest absolute Gasteiger partial charge is 0.416 e. The van der Waals surface area contributed by atoms with Crippen molar-refractivity contribution in [2.75, 3.05) is 0 Å². The molecule has 1 heterocycles. The molecule has 0 unspecified atom stereocenters. The highest BCUT2D eigenvalue weighted by Crippen LogP contribution is 2.40. The minimum Gasteiger partial charge on any atom is -0.416 e. The largest absolute Gasteiger partial charge is 0.417 e. The zero-order chi connectivity index (χ0) is 15.6. The van der Waals surface area contributed by atoms with Crippen molar-refractivity contribution in [3.8, 4) is 17.0 Å². The first-order valence-corrected chi connectivity index (χ1v) is 5.56. The summed E-state index contributed by atoms with van der Waals surface area (Å²) in [4.78, 5) is 3.27. The molecule has 0 saturated heterocycles. The number of alkyl halides is 5. The van der Waals surface area contributed by atoms with E-state index in [1.807, 2.05) is 0 Å². The fourth-order valence-electron chi connectivity index (χ4n) is 1.76. The summed E-state index contributed by atoms with van der Waals surface area (Å²) in [5.74, 6) is -1.74. The van der Waals surface area contributed by atoms with E-state index in [4.69, 9.17) is 0 Å². The normalized spacial score (nSPS) is 11.8. The van der Waals surface area contributed by atoms with E-state index in [0.29, 0.717) is 12.3 Å². The van der Waals surface area contributed by atoms with Crippen LogP contribution in [0, 0.1) is 5.82 Å². The van der Waals surface area contributed by atoms with Crippen LogP contribution in [0.1, 0.15) is 5.56 Å². The average molecular weight is 307 g/mol. The highest BCUT2D eigenvalue weighted by molar-refractivity contribution is 5.72. The SMILES string of the molecule is Fc1cnc(OC(F)F)c(-c2ccccc2C(F)(F)F)c1. The molecule has 0 atom stereocenters. The number of nitrogens with zero attached hydrogens (tertiary/aromatic N) is 1. The quantitative estimate of drug-likeness (QED) is 0.778. The maximum absolute atomic E-state index is 13.2. The molecule has 0 spiro atoms. The zero-order valence-corrected chi connectivity index (χ0v) is 10.2. The predicted molar refractivity (Wildman–Crippen MR) is 61.3 cm³/mol. The minimum atomic E-state index is -4.73. The van der Waals surface area contributed by atoms with Crippen molar-refractivity contribution in [3.05, 3.63) is 47.9 Å². The molecule has 0 fully saturated rings. The number of benzene rings is 1. The van der Waals surface area contributed by atoms with Gasteiger partial charge in [0.25, 0.3) is 0 Å². The molecule has 1 aromatic heterocycles. The maximum Gasteiger partial charge on any atom is 0.417 e. The third-order valence-electron chi connectivity index (χ3n) is 2.54. The first-order valence-electron chi connectivity index (χ1n) is 5.56. The number of hydrogen-bond donors (Lipinski definition) is 0. The number of ether oxygens (including phenoxy) is 1. The Morgan fingerprint density at radius 1 is 1.05 bits per heavy atom. The van der Waals surface area contributed by atoms with E-state index in [1.54, 1.807) is 0 Å². The third kappa shape index (κ3) is 3.45. The Labute approximate surface area is 115 Å².